The molecule has 0 saturated carbocycles. The second-order valence-electron chi connectivity index (χ2n) is 7.68. The fraction of sp³-hybridized carbons (Fsp3) is 0.455. The van der Waals surface area contributed by atoms with Crippen LogP contribution in [-0.4, -0.2) is 52.4 Å². The minimum atomic E-state index is -1.47. The van der Waals surface area contributed by atoms with Gasteiger partial charge in [-0.3, -0.25) is 0 Å². The van der Waals surface area contributed by atoms with Crippen molar-refractivity contribution in [2.24, 2.45) is 0 Å². The summed E-state index contributed by atoms with van der Waals surface area (Å²) < 4.78 is 18.0. The Hall–Kier alpha value is -1.80. The zero-order valence-electron chi connectivity index (χ0n) is 16.0. The lowest BCUT2D eigenvalue weighted by Crippen LogP contribution is -2.56. The normalized spacial score (nSPS) is 33.5. The van der Waals surface area contributed by atoms with Gasteiger partial charge in [0.05, 0.1) is 13.2 Å². The first kappa shape index (κ1) is 19.5. The van der Waals surface area contributed by atoms with E-state index >= 15 is 0 Å². The molecule has 0 bridgehead atoms. The van der Waals surface area contributed by atoms with Crippen molar-refractivity contribution < 1.29 is 29.5 Å². The molecule has 3 unspecified atom stereocenters. The molecule has 0 aromatic heterocycles. The molecular weight excluding hydrogens is 360 g/mol. The maximum atomic E-state index is 11.4. The molecule has 0 amide bonds. The fourth-order valence-electron chi connectivity index (χ4n) is 3.99. The molecule has 6 atom stereocenters. The van der Waals surface area contributed by atoms with Crippen molar-refractivity contribution in [1.29, 1.82) is 0 Å². The summed E-state index contributed by atoms with van der Waals surface area (Å²) in [4.78, 5) is 0. The number of fused-ring (bicyclic) bond motifs is 1. The molecular formula is C22H26O6. The highest BCUT2D eigenvalue weighted by molar-refractivity contribution is 5.31. The van der Waals surface area contributed by atoms with Gasteiger partial charge in [-0.05, 0) is 30.5 Å². The van der Waals surface area contributed by atoms with Gasteiger partial charge in [-0.2, -0.15) is 0 Å². The van der Waals surface area contributed by atoms with Crippen molar-refractivity contribution in [2.45, 2.75) is 50.2 Å². The Balaban J connectivity index is 1.66. The molecule has 2 saturated heterocycles. The van der Waals surface area contributed by atoms with Gasteiger partial charge in [-0.15, -0.1) is 0 Å². The van der Waals surface area contributed by atoms with Crippen LogP contribution in [0.3, 0.4) is 0 Å². The second kappa shape index (κ2) is 7.55. The van der Waals surface area contributed by atoms with Crippen molar-refractivity contribution in [2.75, 3.05) is 13.2 Å². The van der Waals surface area contributed by atoms with E-state index in [9.17, 15) is 15.3 Å². The highest BCUT2D eigenvalue weighted by Crippen LogP contribution is 2.49. The van der Waals surface area contributed by atoms with E-state index in [0.717, 1.165) is 22.3 Å². The third-order valence-corrected chi connectivity index (χ3v) is 5.75. The Morgan fingerprint density at radius 2 is 1.79 bits per heavy atom. The van der Waals surface area contributed by atoms with Gasteiger partial charge in [-0.1, -0.05) is 48.5 Å². The number of benzene rings is 2. The van der Waals surface area contributed by atoms with Crippen molar-refractivity contribution in [3.05, 3.63) is 70.8 Å². The van der Waals surface area contributed by atoms with E-state index in [2.05, 4.69) is 0 Å². The van der Waals surface area contributed by atoms with E-state index in [-0.39, 0.29) is 6.61 Å². The Kier molecular flexibility index (Phi) is 5.26. The second-order valence-corrected chi connectivity index (χ2v) is 7.68. The summed E-state index contributed by atoms with van der Waals surface area (Å²) in [6.07, 6.45) is -4.32. The first-order valence-electron chi connectivity index (χ1n) is 9.50. The van der Waals surface area contributed by atoms with Crippen LogP contribution < -0.4 is 0 Å². The molecule has 2 fully saturated rings. The zero-order chi connectivity index (χ0) is 19.9. The summed E-state index contributed by atoms with van der Waals surface area (Å²) in [6.45, 7) is 3.55. The topological polar surface area (TPSA) is 88.4 Å². The number of aryl methyl sites for hydroxylation is 2. The molecule has 3 N–H and O–H groups in total. The largest absolute Gasteiger partial charge is 0.394 e. The Bertz CT molecular complexity index is 825. The van der Waals surface area contributed by atoms with Crippen molar-refractivity contribution in [1.82, 2.24) is 0 Å². The summed E-state index contributed by atoms with van der Waals surface area (Å²) in [7, 11) is 0. The summed E-state index contributed by atoms with van der Waals surface area (Å²) in [6, 6.07) is 15.2. The van der Waals surface area contributed by atoms with E-state index in [1.165, 1.54) is 0 Å². The van der Waals surface area contributed by atoms with E-state index in [1.54, 1.807) is 0 Å². The minimum Gasteiger partial charge on any atom is -0.394 e. The summed E-state index contributed by atoms with van der Waals surface area (Å²) in [5.41, 5.74) is 2.41. The van der Waals surface area contributed by atoms with E-state index in [1.807, 2.05) is 62.4 Å². The van der Waals surface area contributed by atoms with Crippen LogP contribution in [0.2, 0.25) is 0 Å². The third kappa shape index (κ3) is 3.26. The molecule has 28 heavy (non-hydrogen) atoms. The molecule has 4 rings (SSSR count). The maximum Gasteiger partial charge on any atom is 0.184 e. The van der Waals surface area contributed by atoms with Gasteiger partial charge in [0, 0.05) is 5.56 Å². The molecule has 2 aromatic rings. The zero-order valence-corrected chi connectivity index (χ0v) is 16.0. The molecule has 6 heteroatoms. The van der Waals surface area contributed by atoms with Crippen molar-refractivity contribution >= 4 is 0 Å². The molecule has 150 valence electrons. The van der Waals surface area contributed by atoms with Crippen LogP contribution in [0.5, 0.6) is 0 Å². The van der Waals surface area contributed by atoms with Gasteiger partial charge >= 0.3 is 0 Å². The van der Waals surface area contributed by atoms with Gasteiger partial charge in [-0.25, -0.2) is 0 Å². The SMILES string of the molecule is Cc1ccc(C2OC[C@@]3(O)C(c4ccccc4)O[C@H](C(O)CO)[C@@H]3O2)cc1C. The van der Waals surface area contributed by atoms with E-state index in [4.69, 9.17) is 14.2 Å². The first-order chi connectivity index (χ1) is 13.4. The average molecular weight is 386 g/mol. The summed E-state index contributed by atoms with van der Waals surface area (Å²) >= 11 is 0. The highest BCUT2D eigenvalue weighted by atomic mass is 16.7. The van der Waals surface area contributed by atoms with Gasteiger partial charge < -0.3 is 29.5 Å². The molecule has 2 aliphatic heterocycles. The van der Waals surface area contributed by atoms with Gasteiger partial charge in [0.1, 0.15) is 30.0 Å². The lowest BCUT2D eigenvalue weighted by Gasteiger charge is -2.41. The predicted octanol–water partition coefficient (Wildman–Crippen LogP) is 1.94. The monoisotopic (exact) mass is 386 g/mol. The third-order valence-electron chi connectivity index (χ3n) is 5.75. The molecule has 2 aromatic carbocycles. The van der Waals surface area contributed by atoms with Crippen LogP contribution in [0.1, 0.15) is 34.6 Å². The van der Waals surface area contributed by atoms with Crippen LogP contribution in [-0.2, 0) is 14.2 Å². The van der Waals surface area contributed by atoms with Crippen molar-refractivity contribution in [3.63, 3.8) is 0 Å². The van der Waals surface area contributed by atoms with Gasteiger partial charge in [0.15, 0.2) is 6.29 Å². The van der Waals surface area contributed by atoms with Crippen LogP contribution >= 0.6 is 0 Å². The van der Waals surface area contributed by atoms with Gasteiger partial charge in [0.25, 0.3) is 0 Å². The Morgan fingerprint density at radius 3 is 2.46 bits per heavy atom. The number of ether oxygens (including phenoxy) is 3. The maximum absolute atomic E-state index is 11.4. The van der Waals surface area contributed by atoms with Crippen molar-refractivity contribution in [3.8, 4) is 0 Å². The van der Waals surface area contributed by atoms with E-state index in [0.29, 0.717) is 0 Å². The lowest BCUT2D eigenvalue weighted by molar-refractivity contribution is -0.292. The van der Waals surface area contributed by atoms with Crippen LogP contribution in [0.25, 0.3) is 0 Å². The number of hydrogen-bond acceptors (Lipinski definition) is 6. The van der Waals surface area contributed by atoms with Gasteiger partial charge in [0.2, 0.25) is 0 Å². The predicted molar refractivity (Wildman–Crippen MR) is 102 cm³/mol. The Labute approximate surface area is 164 Å². The first-order valence-corrected chi connectivity index (χ1v) is 9.50. The number of aliphatic hydroxyl groups is 3. The molecule has 2 heterocycles. The quantitative estimate of drug-likeness (QED) is 0.744. The van der Waals surface area contributed by atoms with Crippen LogP contribution in [0.4, 0.5) is 0 Å². The molecule has 6 nitrogen and oxygen atoms in total. The molecule has 0 radical (unpaired) electrons. The average Bonchev–Trinajstić information content (AvgIpc) is 3.02. The minimum absolute atomic E-state index is 0.0104. The fourth-order valence-corrected chi connectivity index (χ4v) is 3.99. The van der Waals surface area contributed by atoms with Crippen LogP contribution in [0.15, 0.2) is 48.5 Å². The molecule has 0 spiro atoms. The Morgan fingerprint density at radius 1 is 1.04 bits per heavy atom. The lowest BCUT2D eigenvalue weighted by atomic mass is 9.85. The standard InChI is InChI=1S/C22H26O6/c1-13-8-9-16(10-14(13)2)21-26-12-22(25)19(15-6-4-3-5-7-15)27-18(17(24)11-23)20(22)28-21/h3-10,17-21,23-25H,11-12H2,1-2H3/t17?,18-,19?,20+,21?,22-/m1/s1. The highest BCUT2D eigenvalue weighted by Gasteiger charge is 2.61. The van der Waals surface area contributed by atoms with Crippen LogP contribution in [0, 0.1) is 13.8 Å². The smallest absolute Gasteiger partial charge is 0.184 e. The number of rotatable bonds is 4. The number of hydrogen-bond donors (Lipinski definition) is 3. The summed E-state index contributed by atoms with van der Waals surface area (Å²) in [5, 5.41) is 31.2. The molecule has 2 aliphatic rings. The summed E-state index contributed by atoms with van der Waals surface area (Å²) in [5.74, 6) is 0. The molecule has 0 aliphatic carbocycles. The number of aliphatic hydroxyl groups excluding tert-OH is 2. The van der Waals surface area contributed by atoms with E-state index < -0.39 is 42.9 Å².